The van der Waals surface area contributed by atoms with Crippen LogP contribution in [0, 0.1) is 18.8 Å². The number of hydrogen-bond donors (Lipinski definition) is 1. The van der Waals surface area contributed by atoms with Crippen LogP contribution in [-0.4, -0.2) is 22.5 Å². The molecule has 0 fully saturated rings. The maximum absolute atomic E-state index is 11.1. The van der Waals surface area contributed by atoms with Crippen LogP contribution in [0.15, 0.2) is 54.6 Å². The van der Waals surface area contributed by atoms with Gasteiger partial charge in [0.2, 0.25) is 0 Å². The van der Waals surface area contributed by atoms with Crippen LogP contribution in [0.2, 0.25) is 0 Å². The number of aliphatic carboxylic acids is 1. The molecule has 4 rings (SSSR count). The average molecular weight is 460 g/mol. The van der Waals surface area contributed by atoms with Crippen LogP contribution in [0.1, 0.15) is 51.3 Å². The van der Waals surface area contributed by atoms with Gasteiger partial charge in [0.05, 0.1) is 12.3 Å². The molecule has 3 aromatic rings. The van der Waals surface area contributed by atoms with Gasteiger partial charge in [0, 0.05) is 29.4 Å². The summed E-state index contributed by atoms with van der Waals surface area (Å²) in [4.78, 5) is 16.6. The van der Waals surface area contributed by atoms with Crippen molar-refractivity contribution in [3.8, 4) is 17.6 Å². The van der Waals surface area contributed by atoms with Crippen LogP contribution >= 0.6 is 11.3 Å². The third-order valence-electron chi connectivity index (χ3n) is 5.85. The van der Waals surface area contributed by atoms with Crippen molar-refractivity contribution in [3.63, 3.8) is 0 Å². The summed E-state index contributed by atoms with van der Waals surface area (Å²) in [6.45, 7) is 7.49. The quantitative estimate of drug-likeness (QED) is 0.434. The van der Waals surface area contributed by atoms with E-state index in [1.807, 2.05) is 35.6 Å². The predicted molar refractivity (Wildman–Crippen MR) is 133 cm³/mol. The zero-order valence-electron chi connectivity index (χ0n) is 19.1. The molecule has 33 heavy (non-hydrogen) atoms. The summed E-state index contributed by atoms with van der Waals surface area (Å²) < 4.78 is 6.00. The van der Waals surface area contributed by atoms with Crippen LogP contribution in [0.4, 0.5) is 0 Å². The molecule has 170 valence electrons. The minimum Gasteiger partial charge on any atom is -0.489 e. The summed E-state index contributed by atoms with van der Waals surface area (Å²) in [5, 5.41) is 9.11. The highest BCUT2D eigenvalue weighted by Gasteiger charge is 2.18. The second-order valence-electron chi connectivity index (χ2n) is 8.49. The van der Waals surface area contributed by atoms with Crippen molar-refractivity contribution < 1.29 is 14.6 Å². The van der Waals surface area contributed by atoms with Crippen molar-refractivity contribution in [2.75, 3.05) is 6.54 Å². The molecule has 1 aromatic heterocycles. The molecule has 0 spiro atoms. The highest BCUT2D eigenvalue weighted by Crippen LogP contribution is 2.28. The van der Waals surface area contributed by atoms with Gasteiger partial charge in [-0.2, -0.15) is 0 Å². The van der Waals surface area contributed by atoms with Gasteiger partial charge in [-0.25, -0.2) is 0 Å². The molecular formula is C28H29NO3S. The van der Waals surface area contributed by atoms with Gasteiger partial charge < -0.3 is 9.84 Å². The van der Waals surface area contributed by atoms with E-state index in [1.165, 1.54) is 16.0 Å². The molecule has 2 aromatic carbocycles. The first-order valence-corrected chi connectivity index (χ1v) is 12.1. The van der Waals surface area contributed by atoms with Crippen molar-refractivity contribution in [3.05, 3.63) is 86.6 Å². The van der Waals surface area contributed by atoms with Gasteiger partial charge in [0.25, 0.3) is 0 Å². The molecule has 5 heteroatoms. The Morgan fingerprint density at radius 3 is 2.73 bits per heavy atom. The van der Waals surface area contributed by atoms with Crippen LogP contribution in [0.5, 0.6) is 5.75 Å². The first-order chi connectivity index (χ1) is 16.0. The molecule has 1 aliphatic rings. The molecule has 1 atom stereocenters. The Balaban J connectivity index is 1.34. The number of rotatable bonds is 8. The largest absolute Gasteiger partial charge is 0.489 e. The van der Waals surface area contributed by atoms with E-state index in [-0.39, 0.29) is 12.3 Å². The summed E-state index contributed by atoms with van der Waals surface area (Å²) >= 11 is 1.94. The van der Waals surface area contributed by atoms with Crippen molar-refractivity contribution in [1.82, 2.24) is 4.90 Å². The zero-order valence-corrected chi connectivity index (χ0v) is 20.0. The Kier molecular flexibility index (Phi) is 7.49. The van der Waals surface area contributed by atoms with Gasteiger partial charge in [-0.3, -0.25) is 9.69 Å². The van der Waals surface area contributed by atoms with Gasteiger partial charge in [-0.05, 0) is 60.7 Å². The maximum atomic E-state index is 11.1. The summed E-state index contributed by atoms with van der Waals surface area (Å²) in [7, 11) is 0. The van der Waals surface area contributed by atoms with E-state index in [0.29, 0.717) is 6.61 Å². The maximum Gasteiger partial charge on any atom is 0.304 e. The summed E-state index contributed by atoms with van der Waals surface area (Å²) in [5.74, 6) is 5.42. The van der Waals surface area contributed by atoms with E-state index < -0.39 is 5.97 Å². The van der Waals surface area contributed by atoms with E-state index >= 15 is 0 Å². The van der Waals surface area contributed by atoms with Crippen molar-refractivity contribution in [2.24, 2.45) is 0 Å². The second kappa shape index (κ2) is 10.7. The molecule has 0 saturated carbocycles. The SMILES string of the molecule is CC#C[C@H](CC(=O)O)c1ccc(OCc2cccc(CN3CCc4sc(C)cc4C3)c2)cc1. The lowest BCUT2D eigenvalue weighted by Gasteiger charge is -2.27. The number of ether oxygens (including phenoxy) is 1. The summed E-state index contributed by atoms with van der Waals surface area (Å²) in [6.07, 6.45) is 1.14. The number of fused-ring (bicyclic) bond motifs is 1. The van der Waals surface area contributed by atoms with E-state index in [9.17, 15) is 4.79 Å². The number of hydrogen-bond acceptors (Lipinski definition) is 4. The third kappa shape index (κ3) is 6.25. The normalized spacial score (nSPS) is 14.1. The Labute approximate surface area is 199 Å². The number of carboxylic acids is 1. The molecule has 0 amide bonds. The number of carbonyl (C=O) groups is 1. The molecule has 4 nitrogen and oxygen atoms in total. The average Bonchev–Trinajstić information content (AvgIpc) is 3.17. The minimum absolute atomic E-state index is 0.00180. The summed E-state index contributed by atoms with van der Waals surface area (Å²) in [6, 6.07) is 18.5. The van der Waals surface area contributed by atoms with Crippen molar-refractivity contribution >= 4 is 17.3 Å². The fourth-order valence-corrected chi connectivity index (χ4v) is 5.35. The molecule has 1 N–H and O–H groups in total. The lowest BCUT2D eigenvalue weighted by atomic mass is 9.96. The smallest absolute Gasteiger partial charge is 0.304 e. The number of nitrogens with zero attached hydrogens (tertiary/aromatic N) is 1. The fraction of sp³-hybridized carbons (Fsp3) is 0.321. The molecule has 0 aliphatic carbocycles. The van der Waals surface area contributed by atoms with Crippen molar-refractivity contribution in [2.45, 2.75) is 52.3 Å². The van der Waals surface area contributed by atoms with E-state index in [4.69, 9.17) is 9.84 Å². The van der Waals surface area contributed by atoms with Crippen LogP contribution in [0.3, 0.4) is 0 Å². The lowest BCUT2D eigenvalue weighted by Crippen LogP contribution is -2.29. The van der Waals surface area contributed by atoms with E-state index in [2.05, 4.69) is 54.0 Å². The monoisotopic (exact) mass is 459 g/mol. The molecule has 0 bridgehead atoms. The Bertz CT molecular complexity index is 1170. The van der Waals surface area contributed by atoms with Gasteiger partial charge in [0.1, 0.15) is 12.4 Å². The van der Waals surface area contributed by atoms with Crippen molar-refractivity contribution in [1.29, 1.82) is 0 Å². The van der Waals surface area contributed by atoms with Crippen LogP contribution < -0.4 is 4.74 Å². The lowest BCUT2D eigenvalue weighted by molar-refractivity contribution is -0.137. The first kappa shape index (κ1) is 23.1. The molecule has 2 heterocycles. The van der Waals surface area contributed by atoms with E-state index in [1.54, 1.807) is 11.8 Å². The Morgan fingerprint density at radius 2 is 1.97 bits per heavy atom. The second-order valence-corrected chi connectivity index (χ2v) is 9.83. The predicted octanol–water partition coefficient (Wildman–Crippen LogP) is 5.78. The zero-order chi connectivity index (χ0) is 23.2. The molecular weight excluding hydrogens is 430 g/mol. The molecule has 1 aliphatic heterocycles. The fourth-order valence-electron chi connectivity index (χ4n) is 4.32. The summed E-state index contributed by atoms with van der Waals surface area (Å²) in [5.41, 5.74) is 4.83. The highest BCUT2D eigenvalue weighted by atomic mass is 32.1. The van der Waals surface area contributed by atoms with Gasteiger partial charge >= 0.3 is 5.97 Å². The molecule has 0 saturated heterocycles. The third-order valence-corrected chi connectivity index (χ3v) is 7.00. The Morgan fingerprint density at radius 1 is 1.18 bits per heavy atom. The van der Waals surface area contributed by atoms with Crippen LogP contribution in [0.25, 0.3) is 0 Å². The number of benzene rings is 2. The highest BCUT2D eigenvalue weighted by molar-refractivity contribution is 7.12. The molecule has 0 radical (unpaired) electrons. The number of thiophene rings is 1. The minimum atomic E-state index is -0.849. The first-order valence-electron chi connectivity index (χ1n) is 11.3. The van der Waals surface area contributed by atoms with E-state index in [0.717, 1.165) is 42.9 Å². The van der Waals surface area contributed by atoms with Gasteiger partial charge in [0.15, 0.2) is 0 Å². The number of aryl methyl sites for hydroxylation is 1. The van der Waals surface area contributed by atoms with Crippen LogP contribution in [-0.2, 0) is 30.9 Å². The number of carboxylic acid groups (broad SMARTS) is 1. The Hall–Kier alpha value is -3.07. The van der Waals surface area contributed by atoms with Gasteiger partial charge in [-0.1, -0.05) is 42.3 Å². The molecule has 0 unspecified atom stereocenters. The standard InChI is InChI=1S/C28H29NO3S/c1-3-5-24(16-28(30)31)23-8-10-26(11-9-23)32-19-22-7-4-6-21(15-22)17-29-13-12-27-25(18-29)14-20(2)33-27/h4,6-11,14-15,24H,12-13,16-19H2,1-2H3,(H,30,31)/t24-/m1/s1. The van der Waals surface area contributed by atoms with Gasteiger partial charge in [-0.15, -0.1) is 17.3 Å². The topological polar surface area (TPSA) is 49.8 Å².